The van der Waals surface area contributed by atoms with Crippen LogP contribution in [0, 0.1) is 0 Å². The molecule has 1 aromatic heterocycles. The molecule has 1 saturated heterocycles. The second-order valence-electron chi connectivity index (χ2n) is 5.69. The topological polar surface area (TPSA) is 48.1 Å². The Hall–Kier alpha value is -1.81. The van der Waals surface area contributed by atoms with Gasteiger partial charge >= 0.3 is 0 Å². The Morgan fingerprint density at radius 2 is 2.11 bits per heavy atom. The van der Waals surface area contributed by atoms with E-state index in [9.17, 15) is 4.79 Å². The average Bonchev–Trinajstić information content (AvgIpc) is 2.81. The lowest BCUT2D eigenvalue weighted by Gasteiger charge is -2.42. The van der Waals surface area contributed by atoms with Gasteiger partial charge in [0.1, 0.15) is 0 Å². The molecule has 0 atom stereocenters. The highest BCUT2D eigenvalue weighted by Crippen LogP contribution is 2.24. The summed E-state index contributed by atoms with van der Waals surface area (Å²) < 4.78 is 0. The first-order chi connectivity index (χ1) is 9.09. The molecule has 1 amide bonds. The molecular weight excluding hydrogens is 238 g/mol. The monoisotopic (exact) mass is 257 g/mol. The van der Waals surface area contributed by atoms with Gasteiger partial charge in [0.15, 0.2) is 0 Å². The van der Waals surface area contributed by atoms with Crippen LogP contribution >= 0.6 is 0 Å². The molecule has 0 saturated carbocycles. The highest BCUT2D eigenvalue weighted by molar-refractivity contribution is 6.07. The van der Waals surface area contributed by atoms with Crippen molar-refractivity contribution >= 4 is 16.8 Å². The lowest BCUT2D eigenvalue weighted by molar-refractivity contribution is 0.0479. The summed E-state index contributed by atoms with van der Waals surface area (Å²) >= 11 is 0. The quantitative estimate of drug-likeness (QED) is 0.821. The summed E-state index contributed by atoms with van der Waals surface area (Å²) in [4.78, 5) is 17.9. The molecule has 2 N–H and O–H groups in total. The van der Waals surface area contributed by atoms with Gasteiger partial charge in [-0.2, -0.15) is 0 Å². The van der Waals surface area contributed by atoms with E-state index in [1.807, 2.05) is 35.4 Å². The first-order valence-electron chi connectivity index (χ1n) is 6.68. The molecule has 2 heterocycles. The summed E-state index contributed by atoms with van der Waals surface area (Å²) in [6.07, 6.45) is 1.82. The van der Waals surface area contributed by atoms with Crippen LogP contribution in [0.3, 0.4) is 0 Å². The molecule has 1 aliphatic heterocycles. The van der Waals surface area contributed by atoms with Crippen LogP contribution in [0.2, 0.25) is 0 Å². The van der Waals surface area contributed by atoms with Crippen molar-refractivity contribution in [1.29, 1.82) is 0 Å². The van der Waals surface area contributed by atoms with Crippen LogP contribution < -0.4 is 5.32 Å². The zero-order valence-corrected chi connectivity index (χ0v) is 11.4. The molecule has 0 unspecified atom stereocenters. The molecule has 0 spiro atoms. The smallest absolute Gasteiger partial charge is 0.256 e. The highest BCUT2D eigenvalue weighted by Gasteiger charge is 2.34. The SMILES string of the molecule is CC1(C)CNCCN1C(=O)c1c[nH]c2ccccc12. The van der Waals surface area contributed by atoms with E-state index in [-0.39, 0.29) is 11.4 Å². The van der Waals surface area contributed by atoms with Crippen molar-refractivity contribution in [2.24, 2.45) is 0 Å². The Morgan fingerprint density at radius 3 is 2.89 bits per heavy atom. The first-order valence-corrected chi connectivity index (χ1v) is 6.68. The first kappa shape index (κ1) is 12.2. The molecular formula is C15H19N3O. The summed E-state index contributed by atoms with van der Waals surface area (Å²) in [6, 6.07) is 7.93. The van der Waals surface area contributed by atoms with E-state index in [1.165, 1.54) is 0 Å². The Bertz CT molecular complexity index is 615. The van der Waals surface area contributed by atoms with Gasteiger partial charge in [-0.25, -0.2) is 0 Å². The van der Waals surface area contributed by atoms with Gasteiger partial charge in [0, 0.05) is 36.7 Å². The van der Waals surface area contributed by atoms with Crippen LogP contribution in [0.5, 0.6) is 0 Å². The summed E-state index contributed by atoms with van der Waals surface area (Å²) in [7, 11) is 0. The molecule has 2 aromatic rings. The van der Waals surface area contributed by atoms with Crippen LogP contribution in [-0.2, 0) is 0 Å². The number of nitrogens with zero attached hydrogens (tertiary/aromatic N) is 1. The fourth-order valence-corrected chi connectivity index (χ4v) is 2.75. The molecule has 4 nitrogen and oxygen atoms in total. The molecule has 3 rings (SSSR count). The second-order valence-corrected chi connectivity index (χ2v) is 5.69. The molecule has 4 heteroatoms. The number of carbonyl (C=O) groups excluding carboxylic acids is 1. The molecule has 19 heavy (non-hydrogen) atoms. The predicted octanol–water partition coefficient (Wildman–Crippen LogP) is 1.99. The van der Waals surface area contributed by atoms with E-state index in [4.69, 9.17) is 0 Å². The minimum Gasteiger partial charge on any atom is -0.360 e. The largest absolute Gasteiger partial charge is 0.360 e. The van der Waals surface area contributed by atoms with E-state index < -0.39 is 0 Å². The third-order valence-electron chi connectivity index (χ3n) is 3.87. The predicted molar refractivity (Wildman–Crippen MR) is 76.3 cm³/mol. The van der Waals surface area contributed by atoms with Crippen LogP contribution in [0.15, 0.2) is 30.5 Å². The van der Waals surface area contributed by atoms with Crippen molar-refractivity contribution < 1.29 is 4.79 Å². The lowest BCUT2D eigenvalue weighted by Crippen LogP contribution is -2.59. The number of H-pyrrole nitrogens is 1. The van der Waals surface area contributed by atoms with Gasteiger partial charge in [0.25, 0.3) is 5.91 Å². The minimum absolute atomic E-state index is 0.115. The van der Waals surface area contributed by atoms with E-state index in [0.29, 0.717) is 0 Å². The summed E-state index contributed by atoms with van der Waals surface area (Å²) in [5.74, 6) is 0.115. The van der Waals surface area contributed by atoms with Gasteiger partial charge in [-0.05, 0) is 19.9 Å². The number of benzene rings is 1. The summed E-state index contributed by atoms with van der Waals surface area (Å²) in [5.41, 5.74) is 1.64. The number of carbonyl (C=O) groups is 1. The molecule has 0 bridgehead atoms. The van der Waals surface area contributed by atoms with Crippen molar-refractivity contribution in [3.8, 4) is 0 Å². The normalized spacial score (nSPS) is 18.7. The van der Waals surface area contributed by atoms with Crippen molar-refractivity contribution in [3.05, 3.63) is 36.0 Å². The van der Waals surface area contributed by atoms with Crippen LogP contribution in [0.4, 0.5) is 0 Å². The fraction of sp³-hybridized carbons (Fsp3) is 0.400. The zero-order valence-electron chi connectivity index (χ0n) is 11.4. The number of hydrogen-bond acceptors (Lipinski definition) is 2. The second kappa shape index (κ2) is 4.38. The minimum atomic E-state index is -0.145. The molecule has 0 aliphatic carbocycles. The van der Waals surface area contributed by atoms with Crippen molar-refractivity contribution in [2.45, 2.75) is 19.4 Å². The number of fused-ring (bicyclic) bond motifs is 1. The van der Waals surface area contributed by atoms with Gasteiger partial charge in [-0.1, -0.05) is 18.2 Å². The molecule has 1 fully saturated rings. The maximum atomic E-state index is 12.8. The summed E-state index contributed by atoms with van der Waals surface area (Å²) in [5, 5.41) is 4.34. The lowest BCUT2D eigenvalue weighted by atomic mass is 9.98. The number of para-hydroxylation sites is 1. The van der Waals surface area contributed by atoms with E-state index in [0.717, 1.165) is 36.1 Å². The van der Waals surface area contributed by atoms with Crippen LogP contribution in [0.1, 0.15) is 24.2 Å². The van der Waals surface area contributed by atoms with E-state index in [1.54, 1.807) is 0 Å². The van der Waals surface area contributed by atoms with Gasteiger partial charge in [0.05, 0.1) is 11.1 Å². The van der Waals surface area contributed by atoms with Crippen molar-refractivity contribution in [2.75, 3.05) is 19.6 Å². The number of rotatable bonds is 1. The van der Waals surface area contributed by atoms with Gasteiger partial charge in [-0.15, -0.1) is 0 Å². The number of piperazine rings is 1. The Morgan fingerprint density at radius 1 is 1.32 bits per heavy atom. The maximum Gasteiger partial charge on any atom is 0.256 e. The summed E-state index contributed by atoms with van der Waals surface area (Å²) in [6.45, 7) is 6.65. The van der Waals surface area contributed by atoms with Gasteiger partial charge in [0.2, 0.25) is 0 Å². The number of aromatic nitrogens is 1. The molecule has 1 aromatic carbocycles. The van der Waals surface area contributed by atoms with Gasteiger partial charge in [-0.3, -0.25) is 4.79 Å². The van der Waals surface area contributed by atoms with E-state index in [2.05, 4.69) is 24.1 Å². The average molecular weight is 257 g/mol. The van der Waals surface area contributed by atoms with E-state index >= 15 is 0 Å². The molecule has 100 valence electrons. The third kappa shape index (κ3) is 2.02. The maximum absolute atomic E-state index is 12.8. The standard InChI is InChI=1S/C15H19N3O/c1-15(2)10-16-7-8-18(15)14(19)12-9-17-13-6-4-3-5-11(12)13/h3-6,9,16-17H,7-8,10H2,1-2H3. The third-order valence-corrected chi connectivity index (χ3v) is 3.87. The van der Waals surface area contributed by atoms with Crippen molar-refractivity contribution in [1.82, 2.24) is 15.2 Å². The molecule has 0 radical (unpaired) electrons. The van der Waals surface area contributed by atoms with Crippen molar-refractivity contribution in [3.63, 3.8) is 0 Å². The number of nitrogens with one attached hydrogen (secondary N) is 2. The number of hydrogen-bond donors (Lipinski definition) is 2. The van der Waals surface area contributed by atoms with Gasteiger partial charge < -0.3 is 15.2 Å². The molecule has 1 aliphatic rings. The number of aromatic amines is 1. The number of amides is 1. The highest BCUT2D eigenvalue weighted by atomic mass is 16.2. The fourth-order valence-electron chi connectivity index (χ4n) is 2.75. The Kier molecular flexibility index (Phi) is 2.82. The Labute approximate surface area is 112 Å². The van der Waals surface area contributed by atoms with Crippen LogP contribution in [0.25, 0.3) is 10.9 Å². The van der Waals surface area contributed by atoms with Crippen LogP contribution in [-0.4, -0.2) is 41.0 Å². The Balaban J connectivity index is 1.99. The zero-order chi connectivity index (χ0) is 13.5.